The van der Waals surface area contributed by atoms with Crippen molar-refractivity contribution in [3.05, 3.63) is 50.4 Å². The van der Waals surface area contributed by atoms with Crippen molar-refractivity contribution in [3.63, 3.8) is 0 Å². The zero-order chi connectivity index (χ0) is 16.5. The molecule has 1 unspecified atom stereocenters. The quantitative estimate of drug-likeness (QED) is 0.563. The lowest BCUT2D eigenvalue weighted by atomic mass is 10.1. The van der Waals surface area contributed by atoms with Crippen molar-refractivity contribution in [3.8, 4) is 16.9 Å². The number of hydrogen-bond donors (Lipinski definition) is 1. The van der Waals surface area contributed by atoms with E-state index in [1.807, 2.05) is 0 Å². The zero-order valence-corrected chi connectivity index (χ0v) is 15.1. The van der Waals surface area contributed by atoms with Gasteiger partial charge in [0.15, 0.2) is 5.75 Å². The highest BCUT2D eigenvalue weighted by Gasteiger charge is 2.27. The Morgan fingerprint density at radius 1 is 0.955 bits per heavy atom. The zero-order valence-electron chi connectivity index (χ0n) is 10.4. The monoisotopic (exact) mass is 420 g/mol. The Morgan fingerprint density at radius 3 is 2.18 bits per heavy atom. The topological polar surface area (TPSA) is 55.8 Å². The highest BCUT2D eigenvalue weighted by atomic mass is 35.5. The summed E-state index contributed by atoms with van der Waals surface area (Å²) in [5.74, 6) is -0.252. The van der Waals surface area contributed by atoms with Crippen molar-refractivity contribution in [2.75, 3.05) is 0 Å². The first-order chi connectivity index (χ1) is 10.2. The lowest BCUT2D eigenvalue weighted by Gasteiger charge is -2.15. The summed E-state index contributed by atoms with van der Waals surface area (Å²) in [7, 11) is -4.54. The molecule has 0 aliphatic rings. The van der Waals surface area contributed by atoms with E-state index < -0.39 is 7.82 Å². The molecule has 0 aliphatic carbocycles. The van der Waals surface area contributed by atoms with Gasteiger partial charge in [-0.1, -0.05) is 58.5 Å². The van der Waals surface area contributed by atoms with Gasteiger partial charge in [-0.15, -0.1) is 0 Å². The molecule has 0 aliphatic heterocycles. The molecule has 0 saturated carbocycles. The van der Waals surface area contributed by atoms with Crippen molar-refractivity contribution in [2.45, 2.75) is 0 Å². The minimum atomic E-state index is -4.54. The number of hydrogen-bond acceptors (Lipinski definition) is 3. The molecule has 0 fully saturated rings. The molecule has 2 rings (SSSR count). The van der Waals surface area contributed by atoms with Crippen LogP contribution in [0, 0.1) is 0 Å². The normalized spacial score (nSPS) is 13.7. The summed E-state index contributed by atoms with van der Waals surface area (Å²) in [6.45, 7) is 0. The highest BCUT2D eigenvalue weighted by molar-refractivity contribution is 7.48. The van der Waals surface area contributed by atoms with Gasteiger partial charge in [-0.05, 0) is 18.2 Å². The number of rotatable bonds is 4. The van der Waals surface area contributed by atoms with Crippen molar-refractivity contribution >= 4 is 66.1 Å². The molecule has 2 aromatic rings. The third-order valence-electron chi connectivity index (χ3n) is 2.56. The lowest BCUT2D eigenvalue weighted by molar-refractivity contribution is 0.300. The van der Waals surface area contributed by atoms with Crippen LogP contribution in [0.1, 0.15) is 0 Å². The van der Waals surface area contributed by atoms with Gasteiger partial charge in [0.2, 0.25) is 0 Å². The van der Waals surface area contributed by atoms with E-state index in [1.165, 1.54) is 12.1 Å². The summed E-state index contributed by atoms with van der Waals surface area (Å²) >= 11 is 29.0. The van der Waals surface area contributed by atoms with Crippen LogP contribution in [0.2, 0.25) is 20.1 Å². The van der Waals surface area contributed by atoms with Crippen LogP contribution >= 0.6 is 66.1 Å². The molecule has 0 aromatic heterocycles. The lowest BCUT2D eigenvalue weighted by Crippen LogP contribution is -1.94. The maximum atomic E-state index is 11.4. The fraction of sp³-hybridized carbons (Fsp3) is 0. The average Bonchev–Trinajstić information content (AvgIpc) is 2.45. The largest absolute Gasteiger partial charge is 0.544 e. The molecule has 22 heavy (non-hydrogen) atoms. The Bertz CT molecular complexity index is 767. The van der Waals surface area contributed by atoms with Crippen LogP contribution in [0.15, 0.2) is 30.3 Å². The maximum Gasteiger partial charge on any atom is 0.544 e. The molecular formula is C12H6Cl5O4P. The van der Waals surface area contributed by atoms with Crippen LogP contribution in [-0.4, -0.2) is 4.89 Å². The summed E-state index contributed by atoms with van der Waals surface area (Å²) < 4.78 is 20.0. The molecule has 0 amide bonds. The molecule has 118 valence electrons. The molecule has 0 radical (unpaired) electrons. The van der Waals surface area contributed by atoms with E-state index in [-0.39, 0.29) is 15.8 Å². The van der Waals surface area contributed by atoms with Crippen LogP contribution < -0.4 is 4.52 Å². The second-order valence-corrected chi connectivity index (χ2v) is 7.29. The van der Waals surface area contributed by atoms with E-state index in [9.17, 15) is 9.46 Å². The predicted molar refractivity (Wildman–Crippen MR) is 89.3 cm³/mol. The fourth-order valence-corrected chi connectivity index (χ4v) is 3.36. The second-order valence-electron chi connectivity index (χ2n) is 3.99. The summed E-state index contributed by atoms with van der Waals surface area (Å²) in [5, 5.41) is 0.760. The van der Waals surface area contributed by atoms with Gasteiger partial charge in [0.05, 0.1) is 21.9 Å². The third-order valence-corrected chi connectivity index (χ3v) is 4.90. The number of phosphoric acid groups is 1. The van der Waals surface area contributed by atoms with Crippen molar-refractivity contribution < 1.29 is 18.1 Å². The molecule has 0 heterocycles. The highest BCUT2D eigenvalue weighted by Crippen LogP contribution is 2.51. The Hall–Kier alpha value is -0.160. The minimum Gasteiger partial charge on any atom is -0.400 e. The van der Waals surface area contributed by atoms with Gasteiger partial charge in [-0.25, -0.2) is 4.57 Å². The fourth-order valence-electron chi connectivity index (χ4n) is 1.66. The first-order valence-electron chi connectivity index (χ1n) is 5.51. The van der Waals surface area contributed by atoms with E-state index in [4.69, 9.17) is 62.8 Å². The summed E-state index contributed by atoms with van der Waals surface area (Å²) in [6, 6.07) is 7.80. The summed E-state index contributed by atoms with van der Waals surface area (Å²) in [4.78, 5) is 9.30. The molecule has 1 N–H and O–H groups in total. The van der Waals surface area contributed by atoms with Crippen LogP contribution in [0.5, 0.6) is 5.75 Å². The van der Waals surface area contributed by atoms with Gasteiger partial charge in [-0.2, -0.15) is 4.08 Å². The van der Waals surface area contributed by atoms with Gasteiger partial charge in [0, 0.05) is 21.2 Å². The number of halogens is 5. The molecular weight excluding hydrogens is 416 g/mol. The van der Waals surface area contributed by atoms with E-state index in [1.54, 1.807) is 18.2 Å². The van der Waals surface area contributed by atoms with Crippen LogP contribution in [-0.2, 0) is 8.64 Å². The standard InChI is InChI=1S/C12H6Cl5O4P/c13-6-1-2-7(10(15)5-6)8-3-4-9(14)12(11(8)16)20-22(18,19)21-17/h1-5H,(H,18,19). The Kier molecular flexibility index (Phi) is 5.92. The molecule has 0 saturated heterocycles. The molecule has 2 aromatic carbocycles. The molecule has 0 spiro atoms. The summed E-state index contributed by atoms with van der Waals surface area (Å²) in [6.07, 6.45) is 0. The SMILES string of the molecule is O=P(O)(OCl)Oc1c(Cl)ccc(-c2ccc(Cl)cc2Cl)c1Cl. The molecule has 4 nitrogen and oxygen atoms in total. The minimum absolute atomic E-state index is 0.00169. The van der Waals surface area contributed by atoms with Crippen LogP contribution in [0.25, 0.3) is 11.1 Å². The van der Waals surface area contributed by atoms with Crippen molar-refractivity contribution in [1.29, 1.82) is 0 Å². The first-order valence-corrected chi connectivity index (χ1v) is 8.83. The Labute approximate surface area is 151 Å². The van der Waals surface area contributed by atoms with E-state index in [2.05, 4.69) is 4.08 Å². The van der Waals surface area contributed by atoms with E-state index in [0.29, 0.717) is 21.2 Å². The summed E-state index contributed by atoms with van der Waals surface area (Å²) in [5.41, 5.74) is 0.967. The number of phosphoric ester groups is 1. The second kappa shape index (κ2) is 7.16. The van der Waals surface area contributed by atoms with E-state index in [0.717, 1.165) is 0 Å². The molecule has 0 bridgehead atoms. The Balaban J connectivity index is 2.58. The first kappa shape index (κ1) is 18.2. The molecule has 1 atom stereocenters. The van der Waals surface area contributed by atoms with Gasteiger partial charge >= 0.3 is 7.82 Å². The third kappa shape index (κ3) is 4.02. The van der Waals surface area contributed by atoms with Crippen LogP contribution in [0.3, 0.4) is 0 Å². The van der Waals surface area contributed by atoms with Gasteiger partial charge < -0.3 is 4.52 Å². The van der Waals surface area contributed by atoms with Gasteiger partial charge in [0.1, 0.15) is 0 Å². The van der Waals surface area contributed by atoms with Crippen molar-refractivity contribution in [1.82, 2.24) is 0 Å². The van der Waals surface area contributed by atoms with Crippen molar-refractivity contribution in [2.24, 2.45) is 0 Å². The maximum absolute atomic E-state index is 11.4. The van der Waals surface area contributed by atoms with E-state index >= 15 is 0 Å². The van der Waals surface area contributed by atoms with Gasteiger partial charge in [0.25, 0.3) is 0 Å². The van der Waals surface area contributed by atoms with Gasteiger partial charge in [-0.3, -0.25) is 4.89 Å². The number of benzene rings is 2. The van der Waals surface area contributed by atoms with Crippen LogP contribution in [0.4, 0.5) is 0 Å². The Morgan fingerprint density at radius 2 is 1.59 bits per heavy atom. The average molecular weight is 422 g/mol. The smallest absolute Gasteiger partial charge is 0.400 e. The predicted octanol–water partition coefficient (Wildman–Crippen LogP) is 6.62. The molecule has 10 heteroatoms.